The molecule has 0 aromatic heterocycles. The molecule has 2 aromatic carbocycles. The van der Waals surface area contributed by atoms with Crippen molar-refractivity contribution in [1.29, 1.82) is 0 Å². The molecule has 4 N–H and O–H groups in total. The van der Waals surface area contributed by atoms with Gasteiger partial charge in [-0.05, 0) is 48.9 Å². The lowest BCUT2D eigenvalue weighted by Crippen LogP contribution is -2.46. The van der Waals surface area contributed by atoms with E-state index in [0.29, 0.717) is 48.9 Å². The van der Waals surface area contributed by atoms with Crippen LogP contribution in [0.2, 0.25) is 0 Å². The lowest BCUT2D eigenvalue weighted by molar-refractivity contribution is 0.102. The van der Waals surface area contributed by atoms with Gasteiger partial charge in [-0.15, -0.1) is 0 Å². The molecule has 7 heteroatoms. The third-order valence-corrected chi connectivity index (χ3v) is 4.00. The summed E-state index contributed by atoms with van der Waals surface area (Å²) in [5.41, 5.74) is 7.26. The Morgan fingerprint density at radius 2 is 2.04 bits per heavy atom. The number of urea groups is 1. The summed E-state index contributed by atoms with van der Waals surface area (Å²) in [4.78, 5) is 26.1. The minimum Gasteiger partial charge on any atom is -0.492 e. The number of nitrogens with zero attached hydrogens (tertiary/aromatic N) is 1. The molecule has 0 aliphatic carbocycles. The summed E-state index contributed by atoms with van der Waals surface area (Å²) in [6.07, 6.45) is 0.876. The molecule has 26 heavy (non-hydrogen) atoms. The topological polar surface area (TPSA) is 96.7 Å². The van der Waals surface area contributed by atoms with Crippen molar-refractivity contribution in [2.24, 2.45) is 5.73 Å². The van der Waals surface area contributed by atoms with E-state index in [-0.39, 0.29) is 11.9 Å². The van der Waals surface area contributed by atoms with Crippen molar-refractivity contribution in [3.63, 3.8) is 0 Å². The molecular formula is C19H22N4O3. The minimum absolute atomic E-state index is 0.137. The van der Waals surface area contributed by atoms with Crippen LogP contribution in [-0.2, 0) is 0 Å². The van der Waals surface area contributed by atoms with Gasteiger partial charge in [-0.25, -0.2) is 4.79 Å². The number of carbonyl (C=O) groups excluding carboxylic acids is 2. The zero-order valence-electron chi connectivity index (χ0n) is 14.4. The molecule has 1 heterocycles. The zero-order valence-corrected chi connectivity index (χ0v) is 14.4. The van der Waals surface area contributed by atoms with Crippen LogP contribution >= 0.6 is 0 Å². The Balaban J connectivity index is 1.68. The summed E-state index contributed by atoms with van der Waals surface area (Å²) in [6, 6.07) is 14.0. The van der Waals surface area contributed by atoms with Crippen LogP contribution in [0.25, 0.3) is 0 Å². The van der Waals surface area contributed by atoms with Crippen molar-refractivity contribution >= 4 is 23.3 Å². The molecule has 1 aliphatic heterocycles. The van der Waals surface area contributed by atoms with E-state index in [2.05, 4.69) is 10.6 Å². The van der Waals surface area contributed by atoms with Gasteiger partial charge >= 0.3 is 6.03 Å². The average molecular weight is 354 g/mol. The van der Waals surface area contributed by atoms with Gasteiger partial charge in [-0.2, -0.15) is 0 Å². The van der Waals surface area contributed by atoms with Crippen LogP contribution in [0.4, 0.5) is 16.2 Å². The summed E-state index contributed by atoms with van der Waals surface area (Å²) < 4.78 is 5.41. The summed E-state index contributed by atoms with van der Waals surface area (Å²) >= 11 is 0. The first-order valence-corrected chi connectivity index (χ1v) is 8.57. The number of carbonyl (C=O) groups is 2. The number of nitrogens with two attached hydrogens (primary N) is 1. The molecule has 1 aliphatic rings. The van der Waals surface area contributed by atoms with Crippen LogP contribution in [-0.4, -0.2) is 38.2 Å². The van der Waals surface area contributed by atoms with Crippen molar-refractivity contribution in [1.82, 2.24) is 5.32 Å². The predicted octanol–water partition coefficient (Wildman–Crippen LogP) is 2.20. The molecule has 0 spiro atoms. The Morgan fingerprint density at radius 3 is 2.77 bits per heavy atom. The standard InChI is InChI=1S/C19H22N4O3/c20-9-12-26-17-7-5-15(6-8-17)22-18(24)14-3-1-4-16(13-14)23-11-2-10-21-19(23)25/h1,3-8,13H,2,9-12,20H2,(H,21,25)(H,22,24). The van der Waals surface area contributed by atoms with Crippen molar-refractivity contribution in [2.45, 2.75) is 6.42 Å². The molecule has 7 nitrogen and oxygen atoms in total. The highest BCUT2D eigenvalue weighted by atomic mass is 16.5. The van der Waals surface area contributed by atoms with Crippen LogP contribution < -0.4 is 26.0 Å². The Labute approximate surface area is 152 Å². The predicted molar refractivity (Wildman–Crippen MR) is 101 cm³/mol. The molecule has 3 rings (SSSR count). The molecule has 1 fully saturated rings. The average Bonchev–Trinajstić information content (AvgIpc) is 2.68. The van der Waals surface area contributed by atoms with Gasteiger partial charge in [0.2, 0.25) is 0 Å². The molecule has 3 amide bonds. The van der Waals surface area contributed by atoms with Gasteiger partial charge in [0.25, 0.3) is 5.91 Å². The summed E-state index contributed by atoms with van der Waals surface area (Å²) in [6.45, 7) is 2.22. The van der Waals surface area contributed by atoms with Gasteiger partial charge in [0.05, 0.1) is 0 Å². The van der Waals surface area contributed by atoms with Crippen LogP contribution in [0.15, 0.2) is 48.5 Å². The first-order valence-electron chi connectivity index (χ1n) is 8.57. The number of rotatable bonds is 6. The maximum absolute atomic E-state index is 12.5. The fourth-order valence-corrected chi connectivity index (χ4v) is 2.71. The molecule has 0 unspecified atom stereocenters. The number of amides is 3. The first-order chi connectivity index (χ1) is 12.7. The summed E-state index contributed by atoms with van der Waals surface area (Å²) in [5, 5.41) is 5.65. The number of ether oxygens (including phenoxy) is 1. The Bertz CT molecular complexity index is 777. The first kappa shape index (κ1) is 17.8. The van der Waals surface area contributed by atoms with E-state index in [1.807, 2.05) is 6.07 Å². The van der Waals surface area contributed by atoms with Crippen LogP contribution in [0, 0.1) is 0 Å². The van der Waals surface area contributed by atoms with E-state index >= 15 is 0 Å². The van der Waals surface area contributed by atoms with Gasteiger partial charge in [-0.3, -0.25) is 9.69 Å². The fourth-order valence-electron chi connectivity index (χ4n) is 2.71. The second kappa shape index (κ2) is 8.35. The van der Waals surface area contributed by atoms with E-state index in [4.69, 9.17) is 10.5 Å². The van der Waals surface area contributed by atoms with Crippen molar-refractivity contribution in [3.8, 4) is 5.75 Å². The van der Waals surface area contributed by atoms with E-state index in [9.17, 15) is 9.59 Å². The third-order valence-electron chi connectivity index (χ3n) is 4.00. The molecule has 136 valence electrons. The second-order valence-electron chi connectivity index (χ2n) is 5.90. The number of hydrogen-bond acceptors (Lipinski definition) is 4. The fraction of sp³-hybridized carbons (Fsp3) is 0.263. The van der Waals surface area contributed by atoms with Crippen molar-refractivity contribution in [2.75, 3.05) is 36.5 Å². The Hall–Kier alpha value is -3.06. The highest BCUT2D eigenvalue weighted by molar-refractivity contribution is 6.05. The molecular weight excluding hydrogens is 332 g/mol. The third kappa shape index (κ3) is 4.31. The highest BCUT2D eigenvalue weighted by Gasteiger charge is 2.20. The van der Waals surface area contributed by atoms with E-state index < -0.39 is 0 Å². The Kier molecular flexibility index (Phi) is 5.70. The largest absolute Gasteiger partial charge is 0.492 e. The molecule has 0 bridgehead atoms. The number of nitrogens with one attached hydrogen (secondary N) is 2. The number of anilines is 2. The van der Waals surface area contributed by atoms with Crippen LogP contribution in [0.5, 0.6) is 5.75 Å². The van der Waals surface area contributed by atoms with Gasteiger partial charge in [0.1, 0.15) is 12.4 Å². The van der Waals surface area contributed by atoms with Gasteiger partial charge in [-0.1, -0.05) is 6.07 Å². The SMILES string of the molecule is NCCOc1ccc(NC(=O)c2cccc(N3CCCNC3=O)c2)cc1. The molecule has 1 saturated heterocycles. The summed E-state index contributed by atoms with van der Waals surface area (Å²) in [7, 11) is 0. The summed E-state index contributed by atoms with van der Waals surface area (Å²) in [5.74, 6) is 0.464. The minimum atomic E-state index is -0.236. The van der Waals surface area contributed by atoms with E-state index in [0.717, 1.165) is 6.42 Å². The second-order valence-corrected chi connectivity index (χ2v) is 5.90. The van der Waals surface area contributed by atoms with Crippen molar-refractivity contribution < 1.29 is 14.3 Å². The normalized spacial score (nSPS) is 13.9. The molecule has 0 radical (unpaired) electrons. The molecule has 0 atom stereocenters. The maximum Gasteiger partial charge on any atom is 0.321 e. The number of benzene rings is 2. The van der Waals surface area contributed by atoms with Gasteiger partial charge in [0.15, 0.2) is 0 Å². The lowest BCUT2D eigenvalue weighted by atomic mass is 10.1. The smallest absolute Gasteiger partial charge is 0.321 e. The van der Waals surface area contributed by atoms with E-state index in [1.54, 1.807) is 47.4 Å². The van der Waals surface area contributed by atoms with Crippen molar-refractivity contribution in [3.05, 3.63) is 54.1 Å². The monoisotopic (exact) mass is 354 g/mol. The number of hydrogen-bond donors (Lipinski definition) is 3. The lowest BCUT2D eigenvalue weighted by Gasteiger charge is -2.27. The van der Waals surface area contributed by atoms with Crippen LogP contribution in [0.1, 0.15) is 16.8 Å². The van der Waals surface area contributed by atoms with E-state index in [1.165, 1.54) is 0 Å². The highest BCUT2D eigenvalue weighted by Crippen LogP contribution is 2.20. The zero-order chi connectivity index (χ0) is 18.4. The molecule has 2 aromatic rings. The quantitative estimate of drug-likeness (QED) is 0.741. The molecule has 0 saturated carbocycles. The van der Waals surface area contributed by atoms with Crippen LogP contribution in [0.3, 0.4) is 0 Å². The van der Waals surface area contributed by atoms with Gasteiger partial charge < -0.3 is 21.1 Å². The van der Waals surface area contributed by atoms with Gasteiger partial charge in [0, 0.05) is 36.6 Å². The maximum atomic E-state index is 12.5. The Morgan fingerprint density at radius 1 is 1.23 bits per heavy atom.